The molecule has 1 aromatic carbocycles. The normalized spacial score (nSPS) is 12.3. The van der Waals surface area contributed by atoms with E-state index in [4.69, 9.17) is 11.1 Å². The molecule has 0 saturated heterocycles. The Balaban J connectivity index is 2.35. The van der Waals surface area contributed by atoms with Crippen LogP contribution in [0.2, 0.25) is 0 Å². The molecule has 0 spiro atoms. The molecule has 0 aliphatic carbocycles. The Morgan fingerprint density at radius 1 is 1.41 bits per heavy atom. The van der Waals surface area contributed by atoms with Gasteiger partial charge in [0.25, 0.3) is 0 Å². The second kappa shape index (κ2) is 5.31. The van der Waals surface area contributed by atoms with Crippen LogP contribution >= 0.6 is 22.6 Å². The Morgan fingerprint density at radius 2 is 2.12 bits per heavy atom. The average Bonchev–Trinajstić information content (AvgIpc) is 2.73. The minimum atomic E-state index is -0.00258. The molecule has 0 aliphatic rings. The number of hydrogen-bond donors (Lipinski definition) is 2. The third-order valence-electron chi connectivity index (χ3n) is 2.49. The first-order valence-electron chi connectivity index (χ1n) is 5.24. The number of hydrogen-bond acceptors (Lipinski definition) is 2. The molecule has 1 unspecified atom stereocenters. The van der Waals surface area contributed by atoms with Gasteiger partial charge in [-0.1, -0.05) is 30.3 Å². The van der Waals surface area contributed by atoms with E-state index in [1.165, 1.54) is 0 Å². The first kappa shape index (κ1) is 12.1. The van der Waals surface area contributed by atoms with Gasteiger partial charge < -0.3 is 5.73 Å². The summed E-state index contributed by atoms with van der Waals surface area (Å²) in [6.45, 7) is 0. The summed E-state index contributed by atoms with van der Waals surface area (Å²) in [6.07, 6.45) is 4.24. The maximum Gasteiger partial charge on any atom is 0.0930 e. The lowest BCUT2D eigenvalue weighted by molar-refractivity contribution is 0.536. The van der Waals surface area contributed by atoms with Crippen molar-refractivity contribution in [2.24, 2.45) is 5.73 Å². The highest BCUT2D eigenvalue weighted by Crippen LogP contribution is 2.21. The van der Waals surface area contributed by atoms with Crippen molar-refractivity contribution in [3.63, 3.8) is 0 Å². The van der Waals surface area contributed by atoms with Crippen molar-refractivity contribution < 1.29 is 0 Å². The van der Waals surface area contributed by atoms with Crippen LogP contribution in [0.25, 0.3) is 0 Å². The zero-order chi connectivity index (χ0) is 12.3. The van der Waals surface area contributed by atoms with Gasteiger partial charge in [0.05, 0.1) is 21.6 Å². The fourth-order valence-electron chi connectivity index (χ4n) is 1.73. The molecule has 88 valence electrons. The van der Waals surface area contributed by atoms with E-state index in [1.54, 1.807) is 6.20 Å². The summed E-state index contributed by atoms with van der Waals surface area (Å²) in [5, 5.41) is 11.8. The van der Waals surface area contributed by atoms with Gasteiger partial charge in [-0.2, -0.15) is 5.10 Å². The van der Waals surface area contributed by atoms with Gasteiger partial charge in [-0.3, -0.25) is 10.1 Å². The fraction of sp³-hybridized carbons (Fsp3) is 0.167. The Bertz CT molecular complexity index is 506. The van der Waals surface area contributed by atoms with Crippen LogP contribution in [0.4, 0.5) is 0 Å². The lowest BCUT2D eigenvalue weighted by atomic mass is 10.0. The van der Waals surface area contributed by atoms with Crippen LogP contribution in [0.15, 0.2) is 42.7 Å². The summed E-state index contributed by atoms with van der Waals surface area (Å²) >= 11 is 2.22. The molecular formula is C12H13IN4. The van der Waals surface area contributed by atoms with Gasteiger partial charge in [-0.15, -0.1) is 0 Å². The van der Waals surface area contributed by atoms with Crippen LogP contribution in [-0.2, 0) is 0 Å². The summed E-state index contributed by atoms with van der Waals surface area (Å²) in [5.41, 5.74) is 6.63. The van der Waals surface area contributed by atoms with Gasteiger partial charge in [0.1, 0.15) is 0 Å². The molecule has 0 radical (unpaired) electrons. The number of nitrogens with two attached hydrogens (primary N) is 1. The van der Waals surface area contributed by atoms with E-state index >= 15 is 0 Å². The molecule has 2 aromatic rings. The smallest absolute Gasteiger partial charge is 0.0930 e. The van der Waals surface area contributed by atoms with Crippen LogP contribution in [0.3, 0.4) is 0 Å². The predicted octanol–water partition coefficient (Wildman–Crippen LogP) is 2.40. The molecule has 1 atom stereocenters. The fourth-order valence-corrected chi connectivity index (χ4v) is 2.14. The van der Waals surface area contributed by atoms with E-state index in [1.807, 2.05) is 41.2 Å². The number of nitrogens with zero attached hydrogens (tertiary/aromatic N) is 2. The van der Waals surface area contributed by atoms with Crippen molar-refractivity contribution in [3.05, 3.63) is 51.9 Å². The van der Waals surface area contributed by atoms with Crippen molar-refractivity contribution in [2.75, 3.05) is 0 Å². The lowest BCUT2D eigenvalue weighted by Crippen LogP contribution is -2.20. The standard InChI is InChI=1S/C12H13IN4/c13-10-7-16-17(8-10)11(6-12(14)15)9-4-2-1-3-5-9/h1-5,7-8,11H,6H2,(H3,14,15). The highest BCUT2D eigenvalue weighted by atomic mass is 127. The molecule has 0 amide bonds. The topological polar surface area (TPSA) is 67.7 Å². The maximum atomic E-state index is 7.46. The third-order valence-corrected chi connectivity index (χ3v) is 3.04. The summed E-state index contributed by atoms with van der Waals surface area (Å²) in [5.74, 6) is 0.171. The van der Waals surface area contributed by atoms with E-state index in [0.29, 0.717) is 6.42 Å². The second-order valence-electron chi connectivity index (χ2n) is 3.79. The summed E-state index contributed by atoms with van der Waals surface area (Å²) < 4.78 is 2.94. The molecule has 1 aromatic heterocycles. The van der Waals surface area contributed by atoms with Crippen LogP contribution < -0.4 is 5.73 Å². The minimum Gasteiger partial charge on any atom is -0.388 e. The Kier molecular flexibility index (Phi) is 3.78. The number of amidine groups is 1. The Morgan fingerprint density at radius 3 is 2.65 bits per heavy atom. The monoisotopic (exact) mass is 340 g/mol. The predicted molar refractivity (Wildman–Crippen MR) is 76.1 cm³/mol. The quantitative estimate of drug-likeness (QED) is 0.510. The van der Waals surface area contributed by atoms with Crippen molar-refractivity contribution >= 4 is 28.4 Å². The number of nitrogens with one attached hydrogen (secondary N) is 1. The SMILES string of the molecule is N=C(N)CC(c1ccccc1)n1cc(I)cn1. The van der Waals surface area contributed by atoms with E-state index in [0.717, 1.165) is 9.13 Å². The van der Waals surface area contributed by atoms with Gasteiger partial charge in [0.15, 0.2) is 0 Å². The van der Waals surface area contributed by atoms with Crippen LogP contribution in [0, 0.1) is 8.98 Å². The third kappa shape index (κ3) is 3.06. The van der Waals surface area contributed by atoms with E-state index in [9.17, 15) is 0 Å². The van der Waals surface area contributed by atoms with Gasteiger partial charge in [0, 0.05) is 12.6 Å². The number of halogens is 1. The van der Waals surface area contributed by atoms with E-state index < -0.39 is 0 Å². The molecule has 3 N–H and O–H groups in total. The molecule has 0 saturated carbocycles. The molecule has 5 heteroatoms. The van der Waals surface area contributed by atoms with Crippen LogP contribution in [0.5, 0.6) is 0 Å². The van der Waals surface area contributed by atoms with Crippen molar-refractivity contribution in [1.82, 2.24) is 9.78 Å². The molecule has 0 aliphatic heterocycles. The first-order valence-corrected chi connectivity index (χ1v) is 6.32. The summed E-state index contributed by atoms with van der Waals surface area (Å²) in [4.78, 5) is 0. The number of rotatable bonds is 4. The van der Waals surface area contributed by atoms with Crippen molar-refractivity contribution in [1.29, 1.82) is 5.41 Å². The van der Waals surface area contributed by atoms with E-state index in [-0.39, 0.29) is 11.9 Å². The largest absolute Gasteiger partial charge is 0.388 e. The number of aromatic nitrogens is 2. The summed E-state index contributed by atoms with van der Waals surface area (Å²) in [6, 6.07) is 10.00. The highest BCUT2D eigenvalue weighted by molar-refractivity contribution is 14.1. The first-order chi connectivity index (χ1) is 8.16. The average molecular weight is 340 g/mol. The van der Waals surface area contributed by atoms with Gasteiger partial charge in [-0.05, 0) is 28.2 Å². The minimum absolute atomic E-state index is 0.00258. The van der Waals surface area contributed by atoms with Crippen LogP contribution in [0.1, 0.15) is 18.0 Å². The van der Waals surface area contributed by atoms with Crippen LogP contribution in [-0.4, -0.2) is 15.6 Å². The van der Waals surface area contributed by atoms with Gasteiger partial charge >= 0.3 is 0 Å². The molecular weight excluding hydrogens is 327 g/mol. The molecule has 1 heterocycles. The Hall–Kier alpha value is -1.37. The van der Waals surface area contributed by atoms with Crippen molar-refractivity contribution in [3.8, 4) is 0 Å². The van der Waals surface area contributed by atoms with Gasteiger partial charge in [0.2, 0.25) is 0 Å². The molecule has 4 nitrogen and oxygen atoms in total. The molecule has 0 bridgehead atoms. The zero-order valence-electron chi connectivity index (χ0n) is 9.18. The summed E-state index contributed by atoms with van der Waals surface area (Å²) in [7, 11) is 0. The van der Waals surface area contributed by atoms with E-state index in [2.05, 4.69) is 27.7 Å². The highest BCUT2D eigenvalue weighted by Gasteiger charge is 2.15. The molecule has 0 fully saturated rings. The molecule has 2 rings (SSSR count). The zero-order valence-corrected chi connectivity index (χ0v) is 11.3. The van der Waals surface area contributed by atoms with Crippen molar-refractivity contribution in [2.45, 2.75) is 12.5 Å². The number of benzene rings is 1. The second-order valence-corrected chi connectivity index (χ2v) is 5.04. The van der Waals surface area contributed by atoms with Gasteiger partial charge in [-0.25, -0.2) is 0 Å². The lowest BCUT2D eigenvalue weighted by Gasteiger charge is -2.17. The maximum absolute atomic E-state index is 7.46. The Labute approximate surface area is 113 Å². The molecule has 17 heavy (non-hydrogen) atoms.